The van der Waals surface area contributed by atoms with Crippen molar-refractivity contribution in [3.05, 3.63) is 33.9 Å². The number of nitro benzene ring substituents is 1. The van der Waals surface area contributed by atoms with E-state index in [0.29, 0.717) is 0 Å². The maximum atomic E-state index is 10.8. The van der Waals surface area contributed by atoms with Gasteiger partial charge in [-0.1, -0.05) is 0 Å². The first-order chi connectivity index (χ1) is 8.81. The summed E-state index contributed by atoms with van der Waals surface area (Å²) in [5, 5.41) is 28.1. The molecule has 0 aliphatic rings. The van der Waals surface area contributed by atoms with Crippen LogP contribution in [-0.2, 0) is 4.79 Å². The highest BCUT2D eigenvalue weighted by Gasteiger charge is 2.21. The Hall–Kier alpha value is -2.64. The monoisotopic (exact) mass is 269 g/mol. The highest BCUT2D eigenvalue weighted by molar-refractivity contribution is 5.88. The van der Waals surface area contributed by atoms with Gasteiger partial charge in [0, 0.05) is 6.07 Å². The molecule has 0 amide bonds. The largest absolute Gasteiger partial charge is 0.483 e. The first kappa shape index (κ1) is 14.4. The summed E-state index contributed by atoms with van der Waals surface area (Å²) in [6.45, 7) is 1.45. The predicted molar refractivity (Wildman–Crippen MR) is 62.4 cm³/mol. The van der Waals surface area contributed by atoms with E-state index in [1.807, 2.05) is 0 Å². The lowest BCUT2D eigenvalue weighted by Gasteiger charge is -2.12. The van der Waals surface area contributed by atoms with E-state index in [1.165, 1.54) is 6.92 Å². The van der Waals surface area contributed by atoms with E-state index in [-0.39, 0.29) is 17.7 Å². The van der Waals surface area contributed by atoms with E-state index in [1.54, 1.807) is 0 Å². The molecule has 0 bridgehead atoms. The van der Waals surface area contributed by atoms with Crippen LogP contribution in [-0.4, -0.2) is 33.2 Å². The number of carboxylic acids is 2. The molecule has 0 spiro atoms. The third kappa shape index (κ3) is 3.95. The molecule has 0 unspecified atom stereocenters. The van der Waals surface area contributed by atoms with Crippen LogP contribution in [0.3, 0.4) is 0 Å². The smallest absolute Gasteiger partial charge is 0.335 e. The number of carboxylic acid groups (broad SMARTS) is 2. The molecule has 8 heteroatoms. The number of hydrogen-bond acceptors (Lipinski definition) is 5. The van der Waals surface area contributed by atoms with Crippen molar-refractivity contribution in [1.82, 2.24) is 0 Å². The molecule has 19 heavy (non-hydrogen) atoms. The molecule has 0 radical (unpaired) electrons. The second kappa shape index (κ2) is 5.80. The maximum absolute atomic E-state index is 10.8. The minimum absolute atomic E-state index is 0.163. The normalized spacial score (nSPS) is 11.6. The van der Waals surface area contributed by atoms with Gasteiger partial charge in [-0.3, -0.25) is 14.9 Å². The molecule has 0 aromatic heterocycles. The van der Waals surface area contributed by atoms with Crippen LogP contribution >= 0.6 is 0 Å². The number of nitro groups is 1. The molecule has 0 aliphatic heterocycles. The Morgan fingerprint density at radius 1 is 1.42 bits per heavy atom. The maximum Gasteiger partial charge on any atom is 0.335 e. The van der Waals surface area contributed by atoms with Gasteiger partial charge in [0.2, 0.25) is 0 Å². The molecule has 1 aromatic rings. The van der Waals surface area contributed by atoms with Crippen LogP contribution < -0.4 is 4.74 Å². The molecule has 1 rings (SSSR count). The van der Waals surface area contributed by atoms with Crippen LogP contribution in [0.4, 0.5) is 5.69 Å². The van der Waals surface area contributed by atoms with Gasteiger partial charge in [-0.25, -0.2) is 4.79 Å². The van der Waals surface area contributed by atoms with Crippen LogP contribution in [0.5, 0.6) is 5.75 Å². The van der Waals surface area contributed by atoms with Gasteiger partial charge in [-0.2, -0.15) is 0 Å². The van der Waals surface area contributed by atoms with Gasteiger partial charge in [0.1, 0.15) is 6.10 Å². The number of aliphatic carboxylic acids is 1. The SMILES string of the molecule is C[C@H](CC(=O)O)Oc1ccc(C(=O)O)cc1[N+](=O)[O-]. The van der Waals surface area contributed by atoms with Crippen molar-refractivity contribution >= 4 is 17.6 Å². The lowest BCUT2D eigenvalue weighted by molar-refractivity contribution is -0.386. The van der Waals surface area contributed by atoms with E-state index >= 15 is 0 Å². The number of rotatable bonds is 6. The molecule has 0 aliphatic carbocycles. The van der Waals surface area contributed by atoms with E-state index in [4.69, 9.17) is 14.9 Å². The Balaban J connectivity index is 3.03. The van der Waals surface area contributed by atoms with Crippen molar-refractivity contribution in [2.24, 2.45) is 0 Å². The fourth-order valence-corrected chi connectivity index (χ4v) is 1.40. The molecular weight excluding hydrogens is 258 g/mol. The molecule has 2 N–H and O–H groups in total. The number of carbonyl (C=O) groups is 2. The van der Waals surface area contributed by atoms with Gasteiger partial charge in [0.15, 0.2) is 5.75 Å². The number of nitrogens with zero attached hydrogens (tertiary/aromatic N) is 1. The summed E-state index contributed by atoms with van der Waals surface area (Å²) in [6, 6.07) is 3.16. The summed E-state index contributed by atoms with van der Waals surface area (Å²) in [4.78, 5) is 31.2. The van der Waals surface area contributed by atoms with Gasteiger partial charge in [-0.05, 0) is 19.1 Å². The Labute approximate surface area is 107 Å². The fraction of sp³-hybridized carbons (Fsp3) is 0.273. The number of aromatic carboxylic acids is 1. The molecule has 102 valence electrons. The van der Waals surface area contributed by atoms with Gasteiger partial charge in [0.05, 0.1) is 16.9 Å². The molecule has 1 aromatic carbocycles. The fourth-order valence-electron chi connectivity index (χ4n) is 1.40. The Kier molecular flexibility index (Phi) is 4.41. The average molecular weight is 269 g/mol. The van der Waals surface area contributed by atoms with Crippen LogP contribution in [0.15, 0.2) is 18.2 Å². The van der Waals surface area contributed by atoms with Crippen molar-refractivity contribution in [2.45, 2.75) is 19.4 Å². The Morgan fingerprint density at radius 3 is 2.53 bits per heavy atom. The molecule has 8 nitrogen and oxygen atoms in total. The highest BCUT2D eigenvalue weighted by Crippen LogP contribution is 2.29. The molecule has 0 saturated carbocycles. The lowest BCUT2D eigenvalue weighted by Crippen LogP contribution is -2.17. The van der Waals surface area contributed by atoms with Crippen molar-refractivity contribution in [3.63, 3.8) is 0 Å². The number of ether oxygens (including phenoxy) is 1. The minimum atomic E-state index is -1.30. The van der Waals surface area contributed by atoms with Gasteiger partial charge >= 0.3 is 17.6 Å². The first-order valence-electron chi connectivity index (χ1n) is 5.21. The summed E-state index contributed by atoms with van der Waals surface area (Å²) in [5.41, 5.74) is -0.762. The second-order valence-electron chi connectivity index (χ2n) is 3.77. The predicted octanol–water partition coefficient (Wildman–Crippen LogP) is 1.54. The van der Waals surface area contributed by atoms with Crippen LogP contribution in [0.25, 0.3) is 0 Å². The van der Waals surface area contributed by atoms with E-state index in [2.05, 4.69) is 0 Å². The molecule has 0 saturated heterocycles. The number of benzene rings is 1. The van der Waals surface area contributed by atoms with Crippen LogP contribution in [0.1, 0.15) is 23.7 Å². The second-order valence-corrected chi connectivity index (χ2v) is 3.77. The zero-order chi connectivity index (χ0) is 14.6. The van der Waals surface area contributed by atoms with E-state index < -0.39 is 28.7 Å². The number of hydrogen-bond donors (Lipinski definition) is 2. The van der Waals surface area contributed by atoms with Crippen LogP contribution in [0.2, 0.25) is 0 Å². The molecule has 0 fully saturated rings. The van der Waals surface area contributed by atoms with Crippen molar-refractivity contribution in [3.8, 4) is 5.75 Å². The summed E-state index contributed by atoms with van der Waals surface area (Å²) < 4.78 is 5.14. The molecule has 1 atom stereocenters. The summed E-state index contributed by atoms with van der Waals surface area (Å²) in [6.07, 6.45) is -1.09. The minimum Gasteiger partial charge on any atom is -0.483 e. The molecule has 0 heterocycles. The summed E-state index contributed by atoms with van der Waals surface area (Å²) >= 11 is 0. The van der Waals surface area contributed by atoms with Crippen molar-refractivity contribution < 1.29 is 29.5 Å². The van der Waals surface area contributed by atoms with Gasteiger partial charge in [0.25, 0.3) is 0 Å². The van der Waals surface area contributed by atoms with E-state index in [0.717, 1.165) is 18.2 Å². The van der Waals surface area contributed by atoms with Gasteiger partial charge < -0.3 is 14.9 Å². The third-order valence-electron chi connectivity index (χ3n) is 2.19. The topological polar surface area (TPSA) is 127 Å². The zero-order valence-corrected chi connectivity index (χ0v) is 9.90. The Bertz CT molecular complexity index is 526. The first-order valence-corrected chi connectivity index (χ1v) is 5.21. The lowest BCUT2D eigenvalue weighted by atomic mass is 10.2. The Morgan fingerprint density at radius 2 is 2.05 bits per heavy atom. The average Bonchev–Trinajstić information content (AvgIpc) is 2.27. The zero-order valence-electron chi connectivity index (χ0n) is 9.90. The van der Waals surface area contributed by atoms with Crippen molar-refractivity contribution in [2.75, 3.05) is 0 Å². The van der Waals surface area contributed by atoms with Crippen molar-refractivity contribution in [1.29, 1.82) is 0 Å². The van der Waals surface area contributed by atoms with Crippen LogP contribution in [0, 0.1) is 10.1 Å². The summed E-state index contributed by atoms with van der Waals surface area (Å²) in [7, 11) is 0. The molecular formula is C11H11NO7. The van der Waals surface area contributed by atoms with Gasteiger partial charge in [-0.15, -0.1) is 0 Å². The third-order valence-corrected chi connectivity index (χ3v) is 2.19. The standard InChI is InChI=1S/C11H11NO7/c1-6(4-10(13)14)19-9-3-2-7(11(15)16)5-8(9)12(17)18/h2-3,5-6H,4H2,1H3,(H,13,14)(H,15,16)/t6-/m1/s1. The highest BCUT2D eigenvalue weighted by atomic mass is 16.6. The summed E-state index contributed by atoms with van der Waals surface area (Å²) in [5.74, 6) is -2.56. The quantitative estimate of drug-likeness (QED) is 0.592. The van der Waals surface area contributed by atoms with E-state index in [9.17, 15) is 19.7 Å².